The second kappa shape index (κ2) is 14.0. The van der Waals surface area contributed by atoms with Crippen LogP contribution in [0.3, 0.4) is 0 Å². The fraction of sp³-hybridized carbons (Fsp3) is 0.364. The standard InChI is InChI=1S/C33H44Ge3O6/c1-34(2,3)31(37)24-10-16-27(17-11-24)40-22-30(42-29-20-14-26(15-21-29)33(39)36(7,8)9)23-41-28-18-12-25(13-19-28)32(38)35(4,5)6/h10-21,30H,22-23H2,1-9H3. The van der Waals surface area contributed by atoms with Gasteiger partial charge < -0.3 is 0 Å². The zero-order chi connectivity index (χ0) is 31.3. The average Bonchev–Trinajstić information content (AvgIpc) is 2.92. The predicted molar refractivity (Wildman–Crippen MR) is 178 cm³/mol. The van der Waals surface area contributed by atoms with E-state index in [1.54, 1.807) is 0 Å². The normalized spacial score (nSPS) is 12.1. The van der Waals surface area contributed by atoms with Crippen LogP contribution in [-0.2, 0) is 0 Å². The molecule has 0 saturated carbocycles. The third-order valence-electron chi connectivity index (χ3n) is 6.57. The number of ether oxygens (including phenoxy) is 3. The van der Waals surface area contributed by atoms with E-state index >= 15 is 0 Å². The Kier molecular flexibility index (Phi) is 11.4. The second-order valence-electron chi connectivity index (χ2n) is 13.7. The molecule has 0 aliphatic rings. The first-order valence-corrected chi connectivity index (χ1v) is 36.3. The SMILES string of the molecule is [CH3][Ge]([CH3])([CH3])[C](=O)c1ccc(OCC(COc2ccc([C](=O)[Ge]([CH3])([CH3])[CH3])cc2)Oc2ccc([C](=O)[Ge]([CH3])([CH3])[CH3])cc2)cc1. The number of hydrogen-bond donors (Lipinski definition) is 0. The van der Waals surface area contributed by atoms with Crippen LogP contribution in [0.25, 0.3) is 0 Å². The van der Waals surface area contributed by atoms with Crippen LogP contribution in [-0.4, -0.2) is 73.0 Å². The fourth-order valence-corrected chi connectivity index (χ4v) is 10.6. The molecule has 0 saturated heterocycles. The number of hydrogen-bond acceptors (Lipinski definition) is 6. The van der Waals surface area contributed by atoms with Crippen molar-refractivity contribution < 1.29 is 28.6 Å². The van der Waals surface area contributed by atoms with Gasteiger partial charge in [0.25, 0.3) is 0 Å². The summed E-state index contributed by atoms with van der Waals surface area (Å²) >= 11 is -7.36. The monoisotopic (exact) mass is 758 g/mol. The van der Waals surface area contributed by atoms with Gasteiger partial charge in [-0.1, -0.05) is 0 Å². The van der Waals surface area contributed by atoms with Crippen LogP contribution in [0, 0.1) is 0 Å². The summed E-state index contributed by atoms with van der Waals surface area (Å²) in [5, 5.41) is 0. The molecule has 3 rings (SSSR count). The van der Waals surface area contributed by atoms with Crippen LogP contribution < -0.4 is 14.2 Å². The molecule has 0 aromatic heterocycles. The van der Waals surface area contributed by atoms with E-state index in [1.807, 2.05) is 72.8 Å². The molecule has 0 heterocycles. The van der Waals surface area contributed by atoms with E-state index in [0.29, 0.717) is 22.8 Å². The maximum absolute atomic E-state index is 12.7. The zero-order valence-corrected chi connectivity index (χ0v) is 32.7. The van der Waals surface area contributed by atoms with Gasteiger partial charge in [0.15, 0.2) is 0 Å². The van der Waals surface area contributed by atoms with Crippen molar-refractivity contribution in [2.45, 2.75) is 57.9 Å². The van der Waals surface area contributed by atoms with Crippen LogP contribution in [0.2, 0.25) is 51.8 Å². The molecule has 0 unspecified atom stereocenters. The molecular formula is C33H44Ge3O6. The van der Waals surface area contributed by atoms with Crippen molar-refractivity contribution in [1.82, 2.24) is 0 Å². The van der Waals surface area contributed by atoms with Crippen molar-refractivity contribution >= 4 is 53.6 Å². The summed E-state index contributed by atoms with van der Waals surface area (Å²) in [6.07, 6.45) is -0.469. The molecular weight excluding hydrogens is 710 g/mol. The fourth-order valence-electron chi connectivity index (χ4n) is 4.08. The third kappa shape index (κ3) is 9.88. The molecule has 0 amide bonds. The maximum atomic E-state index is 12.7. The second-order valence-corrected chi connectivity index (χ2v) is 44.9. The van der Waals surface area contributed by atoms with Gasteiger partial charge in [-0.3, -0.25) is 0 Å². The van der Waals surface area contributed by atoms with E-state index in [1.165, 1.54) is 0 Å². The summed E-state index contributed by atoms with van der Waals surface area (Å²) in [7, 11) is 0. The molecule has 0 atom stereocenters. The summed E-state index contributed by atoms with van der Waals surface area (Å²) < 4.78 is 19.1. The third-order valence-corrected chi connectivity index (χ3v) is 17.0. The molecule has 0 aliphatic heterocycles. The van der Waals surface area contributed by atoms with Crippen LogP contribution in [0.1, 0.15) is 31.1 Å². The summed E-state index contributed by atoms with van der Waals surface area (Å²) in [6, 6.07) is 21.8. The minimum absolute atomic E-state index is 0.205. The molecule has 0 N–H and O–H groups in total. The van der Waals surface area contributed by atoms with Gasteiger partial charge in [0.2, 0.25) is 0 Å². The molecule has 0 bridgehead atoms. The van der Waals surface area contributed by atoms with E-state index in [4.69, 9.17) is 14.2 Å². The van der Waals surface area contributed by atoms with E-state index in [0.717, 1.165) is 11.1 Å². The van der Waals surface area contributed by atoms with Gasteiger partial charge in [-0.05, 0) is 0 Å². The van der Waals surface area contributed by atoms with Gasteiger partial charge in [-0.2, -0.15) is 0 Å². The van der Waals surface area contributed by atoms with Gasteiger partial charge in [0, 0.05) is 0 Å². The molecule has 0 spiro atoms. The van der Waals surface area contributed by atoms with Gasteiger partial charge in [0.05, 0.1) is 0 Å². The van der Waals surface area contributed by atoms with Crippen molar-refractivity contribution in [3.05, 3.63) is 89.5 Å². The summed E-state index contributed by atoms with van der Waals surface area (Å²) in [5.41, 5.74) is 2.15. The van der Waals surface area contributed by atoms with E-state index in [-0.39, 0.29) is 27.1 Å². The van der Waals surface area contributed by atoms with Crippen molar-refractivity contribution in [2.24, 2.45) is 0 Å². The minimum atomic E-state index is -2.47. The van der Waals surface area contributed by atoms with Crippen LogP contribution in [0.5, 0.6) is 17.2 Å². The van der Waals surface area contributed by atoms with Crippen molar-refractivity contribution in [2.75, 3.05) is 13.2 Å². The molecule has 224 valence electrons. The molecule has 0 fully saturated rings. The molecule has 0 radical (unpaired) electrons. The first-order valence-electron chi connectivity index (χ1n) is 14.3. The van der Waals surface area contributed by atoms with E-state index in [9.17, 15) is 14.4 Å². The summed E-state index contributed by atoms with van der Waals surface area (Å²) in [5.74, 6) is 20.6. The van der Waals surface area contributed by atoms with E-state index < -0.39 is 45.9 Å². The van der Waals surface area contributed by atoms with Crippen molar-refractivity contribution in [1.29, 1.82) is 0 Å². The molecule has 9 heteroatoms. The zero-order valence-electron chi connectivity index (χ0n) is 26.4. The van der Waals surface area contributed by atoms with Crippen LogP contribution in [0.4, 0.5) is 0 Å². The predicted octanol–water partition coefficient (Wildman–Crippen LogP) is 7.77. The van der Waals surface area contributed by atoms with Crippen LogP contribution in [0.15, 0.2) is 72.8 Å². The Bertz CT molecular complexity index is 1310. The van der Waals surface area contributed by atoms with Gasteiger partial charge >= 0.3 is 260 Å². The van der Waals surface area contributed by atoms with E-state index in [2.05, 4.69) is 51.8 Å². The first-order chi connectivity index (χ1) is 19.4. The van der Waals surface area contributed by atoms with Crippen molar-refractivity contribution in [3.8, 4) is 17.2 Å². The van der Waals surface area contributed by atoms with Crippen LogP contribution >= 0.6 is 0 Å². The quantitative estimate of drug-likeness (QED) is 0.157. The summed E-state index contributed by atoms with van der Waals surface area (Å²) in [6.45, 7) is 0.410. The topological polar surface area (TPSA) is 78.9 Å². The Morgan fingerprint density at radius 1 is 0.476 bits per heavy atom. The molecule has 42 heavy (non-hydrogen) atoms. The Morgan fingerprint density at radius 2 is 0.738 bits per heavy atom. The number of benzene rings is 3. The molecule has 0 aliphatic carbocycles. The Balaban J connectivity index is 1.73. The van der Waals surface area contributed by atoms with Crippen molar-refractivity contribution in [3.63, 3.8) is 0 Å². The number of carbonyl (C=O) groups excluding carboxylic acids is 3. The Labute approximate surface area is 258 Å². The molecule has 3 aromatic carbocycles. The van der Waals surface area contributed by atoms with Gasteiger partial charge in [0.1, 0.15) is 0 Å². The Morgan fingerprint density at radius 3 is 1.00 bits per heavy atom. The average molecular weight is 755 g/mol. The van der Waals surface area contributed by atoms with Gasteiger partial charge in [-0.15, -0.1) is 0 Å². The Hall–Kier alpha value is -2.30. The molecule has 6 nitrogen and oxygen atoms in total. The number of rotatable bonds is 14. The molecule has 3 aromatic rings. The number of carbonyl (C=O) groups is 3. The van der Waals surface area contributed by atoms with Gasteiger partial charge in [-0.25, -0.2) is 0 Å². The summed E-state index contributed by atoms with van der Waals surface area (Å²) in [4.78, 5) is 38.1. The first kappa shape index (κ1) is 34.2.